The average Bonchev–Trinajstić information content (AvgIpc) is 2.66. The number of carbonyl (C=O) groups excluding carboxylic acids is 1. The number of carbonyl (C=O) groups is 1. The summed E-state index contributed by atoms with van der Waals surface area (Å²) < 4.78 is 1.62. The van der Waals surface area contributed by atoms with Gasteiger partial charge in [-0.1, -0.05) is 0 Å². The van der Waals surface area contributed by atoms with Gasteiger partial charge in [-0.2, -0.15) is 5.10 Å². The van der Waals surface area contributed by atoms with E-state index in [1.165, 1.54) is 4.90 Å². The van der Waals surface area contributed by atoms with Crippen LogP contribution < -0.4 is 5.73 Å². The molecule has 0 fully saturated rings. The first-order chi connectivity index (χ1) is 7.63. The molecule has 0 radical (unpaired) electrons. The summed E-state index contributed by atoms with van der Waals surface area (Å²) in [6, 6.07) is 0. The Bertz CT molecular complexity index is 362. The average molecular weight is 226 g/mol. The molecule has 0 bridgehead atoms. The number of likely N-dealkylation sites (N-methyl/N-ethyl adjacent to an activating group) is 1. The Kier molecular flexibility index (Phi) is 4.30. The van der Waals surface area contributed by atoms with E-state index in [2.05, 4.69) is 5.10 Å². The molecule has 3 N–H and O–H groups in total. The van der Waals surface area contributed by atoms with Crippen molar-refractivity contribution in [3.8, 4) is 0 Å². The van der Waals surface area contributed by atoms with Gasteiger partial charge in [0.15, 0.2) is 5.69 Å². The monoisotopic (exact) mass is 226 g/mol. The third kappa shape index (κ3) is 2.52. The molecule has 6 heteroatoms. The molecular formula is C10H18N4O2. The van der Waals surface area contributed by atoms with Crippen LogP contribution in [0.1, 0.15) is 24.3 Å². The Morgan fingerprint density at radius 2 is 2.31 bits per heavy atom. The predicted molar refractivity (Wildman–Crippen MR) is 61.0 cm³/mol. The van der Waals surface area contributed by atoms with Crippen LogP contribution in [0.2, 0.25) is 0 Å². The van der Waals surface area contributed by atoms with Gasteiger partial charge in [0.25, 0.3) is 5.91 Å². The molecule has 1 amide bonds. The fourth-order valence-corrected chi connectivity index (χ4v) is 1.44. The molecule has 0 saturated heterocycles. The molecule has 6 nitrogen and oxygen atoms in total. The van der Waals surface area contributed by atoms with Gasteiger partial charge in [-0.25, -0.2) is 0 Å². The number of nitrogens with zero attached hydrogens (tertiary/aromatic N) is 3. The number of hydrogen-bond acceptors (Lipinski definition) is 4. The molecule has 0 saturated carbocycles. The first-order valence-electron chi connectivity index (χ1n) is 5.37. The van der Waals surface area contributed by atoms with E-state index in [-0.39, 0.29) is 18.2 Å². The van der Waals surface area contributed by atoms with Crippen LogP contribution in [-0.2, 0) is 6.54 Å². The van der Waals surface area contributed by atoms with Crippen molar-refractivity contribution in [3.05, 3.63) is 11.9 Å². The number of aromatic nitrogens is 2. The summed E-state index contributed by atoms with van der Waals surface area (Å²) in [5.74, 6) is -0.235. The predicted octanol–water partition coefficient (Wildman–Crippen LogP) is -0.0604. The van der Waals surface area contributed by atoms with Crippen molar-refractivity contribution in [1.29, 1.82) is 0 Å². The lowest BCUT2D eigenvalue weighted by atomic mass is 10.3. The third-order valence-electron chi connectivity index (χ3n) is 2.36. The van der Waals surface area contributed by atoms with Crippen molar-refractivity contribution in [2.45, 2.75) is 20.4 Å². The van der Waals surface area contributed by atoms with Crippen molar-refractivity contribution in [2.75, 3.05) is 25.4 Å². The van der Waals surface area contributed by atoms with Gasteiger partial charge in [-0.3, -0.25) is 9.48 Å². The summed E-state index contributed by atoms with van der Waals surface area (Å²) >= 11 is 0. The number of aliphatic hydroxyl groups excluding tert-OH is 1. The van der Waals surface area contributed by atoms with Crippen LogP contribution in [0.3, 0.4) is 0 Å². The minimum absolute atomic E-state index is 0.0615. The second-order valence-electron chi connectivity index (χ2n) is 3.40. The first kappa shape index (κ1) is 12.5. The van der Waals surface area contributed by atoms with Gasteiger partial charge in [0.2, 0.25) is 0 Å². The maximum absolute atomic E-state index is 12.0. The minimum Gasteiger partial charge on any atom is -0.396 e. The summed E-state index contributed by atoms with van der Waals surface area (Å²) in [7, 11) is 0. The molecule has 0 aliphatic rings. The van der Waals surface area contributed by atoms with E-state index >= 15 is 0 Å². The Hall–Kier alpha value is -1.56. The molecule has 0 aliphatic heterocycles. The summed E-state index contributed by atoms with van der Waals surface area (Å²) in [5.41, 5.74) is 6.35. The molecule has 0 aliphatic carbocycles. The lowest BCUT2D eigenvalue weighted by Gasteiger charge is -2.18. The molecule has 1 aromatic heterocycles. The van der Waals surface area contributed by atoms with Crippen molar-refractivity contribution >= 4 is 11.6 Å². The van der Waals surface area contributed by atoms with Crippen LogP contribution in [0, 0.1) is 0 Å². The van der Waals surface area contributed by atoms with Crippen LogP contribution in [0.15, 0.2) is 6.20 Å². The van der Waals surface area contributed by atoms with E-state index < -0.39 is 0 Å². The Labute approximate surface area is 94.6 Å². The summed E-state index contributed by atoms with van der Waals surface area (Å²) in [6.07, 6.45) is 1.64. The highest BCUT2D eigenvalue weighted by atomic mass is 16.3. The Balaban J connectivity index is 2.89. The number of aliphatic hydroxyl groups is 1. The summed E-state index contributed by atoms with van der Waals surface area (Å²) in [5, 5.41) is 12.9. The van der Waals surface area contributed by atoms with Gasteiger partial charge < -0.3 is 15.7 Å². The van der Waals surface area contributed by atoms with Gasteiger partial charge in [0.1, 0.15) is 0 Å². The number of hydrogen-bond donors (Lipinski definition) is 2. The van der Waals surface area contributed by atoms with Gasteiger partial charge in [0.05, 0.1) is 12.3 Å². The molecule has 1 heterocycles. The van der Waals surface area contributed by atoms with E-state index in [1.807, 2.05) is 13.8 Å². The maximum atomic E-state index is 12.0. The summed E-state index contributed by atoms with van der Waals surface area (Å²) in [4.78, 5) is 13.5. The van der Waals surface area contributed by atoms with E-state index in [0.717, 1.165) is 0 Å². The van der Waals surface area contributed by atoms with E-state index in [1.54, 1.807) is 10.9 Å². The smallest absolute Gasteiger partial charge is 0.276 e. The second-order valence-corrected chi connectivity index (χ2v) is 3.40. The molecular weight excluding hydrogens is 208 g/mol. The number of rotatable bonds is 5. The zero-order valence-corrected chi connectivity index (χ0v) is 9.68. The van der Waals surface area contributed by atoms with E-state index in [0.29, 0.717) is 25.3 Å². The number of anilines is 1. The van der Waals surface area contributed by atoms with Crippen molar-refractivity contribution in [3.63, 3.8) is 0 Å². The molecule has 0 aromatic carbocycles. The second kappa shape index (κ2) is 5.50. The molecule has 90 valence electrons. The van der Waals surface area contributed by atoms with Crippen LogP contribution in [0.4, 0.5) is 5.69 Å². The molecule has 0 spiro atoms. The minimum atomic E-state index is -0.235. The number of nitrogens with two attached hydrogens (primary N) is 1. The standard InChI is InChI=1S/C10H18N4O2/c1-3-13(5-6-15)10(16)9-8(11)7-14(4-2)12-9/h7,15H,3-6,11H2,1-2H3. The van der Waals surface area contributed by atoms with E-state index in [9.17, 15) is 4.79 Å². The van der Waals surface area contributed by atoms with Gasteiger partial charge >= 0.3 is 0 Å². The largest absolute Gasteiger partial charge is 0.396 e. The number of nitrogen functional groups attached to an aromatic ring is 1. The number of amides is 1. The quantitative estimate of drug-likeness (QED) is 0.736. The third-order valence-corrected chi connectivity index (χ3v) is 2.36. The Morgan fingerprint density at radius 3 is 2.75 bits per heavy atom. The topological polar surface area (TPSA) is 84.4 Å². The van der Waals surface area contributed by atoms with Crippen LogP contribution in [-0.4, -0.2) is 45.4 Å². The zero-order valence-electron chi connectivity index (χ0n) is 9.68. The lowest BCUT2D eigenvalue weighted by Crippen LogP contribution is -2.34. The highest BCUT2D eigenvalue weighted by molar-refractivity contribution is 5.97. The normalized spacial score (nSPS) is 10.4. The van der Waals surface area contributed by atoms with Gasteiger partial charge in [-0.15, -0.1) is 0 Å². The fraction of sp³-hybridized carbons (Fsp3) is 0.600. The molecule has 16 heavy (non-hydrogen) atoms. The SMILES string of the molecule is CCN(CCO)C(=O)c1nn(CC)cc1N. The van der Waals surface area contributed by atoms with E-state index in [4.69, 9.17) is 10.8 Å². The van der Waals surface area contributed by atoms with Crippen molar-refractivity contribution in [1.82, 2.24) is 14.7 Å². The molecule has 1 aromatic rings. The highest BCUT2D eigenvalue weighted by Crippen LogP contribution is 2.11. The van der Waals surface area contributed by atoms with Crippen molar-refractivity contribution < 1.29 is 9.90 Å². The zero-order chi connectivity index (χ0) is 12.1. The molecule has 0 atom stereocenters. The summed E-state index contributed by atoms with van der Waals surface area (Å²) in [6.45, 7) is 5.20. The van der Waals surface area contributed by atoms with Gasteiger partial charge in [0, 0.05) is 25.8 Å². The first-order valence-corrected chi connectivity index (χ1v) is 5.37. The lowest BCUT2D eigenvalue weighted by molar-refractivity contribution is 0.0726. The van der Waals surface area contributed by atoms with Crippen LogP contribution >= 0.6 is 0 Å². The molecule has 0 unspecified atom stereocenters. The van der Waals surface area contributed by atoms with Crippen molar-refractivity contribution in [2.24, 2.45) is 0 Å². The van der Waals surface area contributed by atoms with Gasteiger partial charge in [-0.05, 0) is 13.8 Å². The fourth-order valence-electron chi connectivity index (χ4n) is 1.44. The Morgan fingerprint density at radius 1 is 1.62 bits per heavy atom. The van der Waals surface area contributed by atoms with Crippen LogP contribution in [0.5, 0.6) is 0 Å². The maximum Gasteiger partial charge on any atom is 0.276 e. The molecule has 1 rings (SSSR count). The number of aryl methyl sites for hydroxylation is 1. The van der Waals surface area contributed by atoms with Crippen LogP contribution in [0.25, 0.3) is 0 Å². The highest BCUT2D eigenvalue weighted by Gasteiger charge is 2.19.